The van der Waals surface area contributed by atoms with E-state index in [0.29, 0.717) is 11.3 Å². The van der Waals surface area contributed by atoms with Crippen molar-refractivity contribution in [2.45, 2.75) is 19.1 Å². The second-order valence-corrected chi connectivity index (χ2v) is 3.57. The summed E-state index contributed by atoms with van der Waals surface area (Å²) in [6.07, 6.45) is -6.20. The number of nitrogen functional groups attached to an aromatic ring is 1. The van der Waals surface area contributed by atoms with Crippen LogP contribution in [0.1, 0.15) is 12.0 Å². The molecule has 0 unspecified atom stereocenters. The lowest BCUT2D eigenvalue weighted by molar-refractivity contribution is -0.172. The van der Waals surface area contributed by atoms with Gasteiger partial charge in [0.05, 0.1) is 6.42 Å². The van der Waals surface area contributed by atoms with Crippen LogP contribution in [0, 0.1) is 0 Å². The van der Waals surface area contributed by atoms with Gasteiger partial charge in [0, 0.05) is 12.2 Å². The molecule has 0 atom stereocenters. The predicted octanol–water partition coefficient (Wildman–Crippen LogP) is 1.41. The number of rotatable bonds is 4. The van der Waals surface area contributed by atoms with Crippen molar-refractivity contribution >= 4 is 17.4 Å². The lowest BCUT2D eigenvalue weighted by atomic mass is 10.2. The van der Waals surface area contributed by atoms with Crippen LogP contribution in [0.2, 0.25) is 0 Å². The van der Waals surface area contributed by atoms with Gasteiger partial charge in [-0.3, -0.25) is 9.59 Å². The number of hydrogen-bond acceptors (Lipinski definition) is 3. The number of halogens is 3. The summed E-state index contributed by atoms with van der Waals surface area (Å²) in [6, 6.07) is 6.59. The van der Waals surface area contributed by atoms with Crippen molar-refractivity contribution in [3.05, 3.63) is 29.8 Å². The van der Waals surface area contributed by atoms with E-state index >= 15 is 0 Å². The number of carbonyl (C=O) groups excluding carboxylic acids is 2. The Hall–Kier alpha value is -2.05. The van der Waals surface area contributed by atoms with Gasteiger partial charge in [-0.15, -0.1) is 0 Å². The van der Waals surface area contributed by atoms with Crippen molar-refractivity contribution in [3.8, 4) is 0 Å². The SMILES string of the molecule is Nc1ccccc1CNC(=O)CC(=O)C(F)(F)F. The lowest BCUT2D eigenvalue weighted by Crippen LogP contribution is -2.31. The first-order chi connectivity index (χ1) is 8.30. The van der Waals surface area contributed by atoms with E-state index in [1.54, 1.807) is 24.3 Å². The van der Waals surface area contributed by atoms with Gasteiger partial charge < -0.3 is 11.1 Å². The Kier molecular flexibility index (Phi) is 4.30. The van der Waals surface area contributed by atoms with Crippen molar-refractivity contribution in [3.63, 3.8) is 0 Å². The minimum atomic E-state index is -4.98. The average Bonchev–Trinajstić information content (AvgIpc) is 2.26. The first-order valence-electron chi connectivity index (χ1n) is 5.01. The van der Waals surface area contributed by atoms with Crippen molar-refractivity contribution in [2.75, 3.05) is 5.73 Å². The van der Waals surface area contributed by atoms with E-state index < -0.39 is 24.3 Å². The summed E-state index contributed by atoms with van der Waals surface area (Å²) in [5.41, 5.74) is 6.57. The summed E-state index contributed by atoms with van der Waals surface area (Å²) in [4.78, 5) is 21.7. The monoisotopic (exact) mass is 260 g/mol. The van der Waals surface area contributed by atoms with E-state index in [1.807, 2.05) is 0 Å². The number of hydrogen-bond donors (Lipinski definition) is 2. The molecule has 0 fully saturated rings. The maximum atomic E-state index is 11.9. The Balaban J connectivity index is 2.48. The van der Waals surface area contributed by atoms with Gasteiger partial charge in [-0.25, -0.2) is 0 Å². The van der Waals surface area contributed by atoms with Crippen LogP contribution < -0.4 is 11.1 Å². The summed E-state index contributed by atoms with van der Waals surface area (Å²) in [5.74, 6) is -3.05. The van der Waals surface area contributed by atoms with Crippen LogP contribution in [0.3, 0.4) is 0 Å². The molecule has 0 aliphatic carbocycles. The fourth-order valence-corrected chi connectivity index (χ4v) is 1.20. The highest BCUT2D eigenvalue weighted by Crippen LogP contribution is 2.17. The molecule has 1 aromatic rings. The number of benzene rings is 1. The van der Waals surface area contributed by atoms with Gasteiger partial charge in [0.2, 0.25) is 11.7 Å². The molecule has 0 saturated carbocycles. The molecule has 98 valence electrons. The predicted molar refractivity (Wildman–Crippen MR) is 58.4 cm³/mol. The van der Waals surface area contributed by atoms with Crippen molar-refractivity contribution < 1.29 is 22.8 Å². The Morgan fingerprint density at radius 1 is 1.22 bits per heavy atom. The van der Waals surface area contributed by atoms with Crippen molar-refractivity contribution in [1.29, 1.82) is 0 Å². The van der Waals surface area contributed by atoms with Gasteiger partial charge in [0.15, 0.2) is 0 Å². The van der Waals surface area contributed by atoms with Crippen LogP contribution in [0.15, 0.2) is 24.3 Å². The summed E-state index contributed by atoms with van der Waals surface area (Å²) < 4.78 is 35.7. The number of Topliss-reactive ketones (excluding diaryl/α,β-unsaturated/α-hetero) is 1. The number of alkyl halides is 3. The smallest absolute Gasteiger partial charge is 0.398 e. The minimum Gasteiger partial charge on any atom is -0.398 e. The van der Waals surface area contributed by atoms with E-state index in [9.17, 15) is 22.8 Å². The topological polar surface area (TPSA) is 72.2 Å². The number of amides is 1. The molecule has 1 rings (SSSR count). The Morgan fingerprint density at radius 2 is 1.83 bits per heavy atom. The van der Waals surface area contributed by atoms with E-state index in [0.717, 1.165) is 0 Å². The van der Waals surface area contributed by atoms with Crippen LogP contribution in [-0.4, -0.2) is 17.9 Å². The quantitative estimate of drug-likeness (QED) is 0.635. The first-order valence-corrected chi connectivity index (χ1v) is 5.01. The molecule has 18 heavy (non-hydrogen) atoms. The van der Waals surface area contributed by atoms with E-state index in [1.165, 1.54) is 0 Å². The zero-order chi connectivity index (χ0) is 13.8. The molecule has 4 nitrogen and oxygen atoms in total. The summed E-state index contributed by atoms with van der Waals surface area (Å²) in [5, 5.41) is 2.20. The standard InChI is InChI=1S/C11H11F3N2O2/c12-11(13,14)9(17)5-10(18)16-6-7-3-1-2-4-8(7)15/h1-4H,5-6,15H2,(H,16,18). The van der Waals surface area contributed by atoms with E-state index in [4.69, 9.17) is 5.73 Å². The van der Waals surface area contributed by atoms with Crippen LogP contribution in [0.25, 0.3) is 0 Å². The fraction of sp³-hybridized carbons (Fsp3) is 0.273. The molecule has 3 N–H and O–H groups in total. The number of ketones is 1. The van der Waals surface area contributed by atoms with Crippen LogP contribution in [-0.2, 0) is 16.1 Å². The molecular formula is C11H11F3N2O2. The first kappa shape index (κ1) is 14.0. The van der Waals surface area contributed by atoms with Gasteiger partial charge in [-0.05, 0) is 11.6 Å². The van der Waals surface area contributed by atoms with Crippen LogP contribution >= 0.6 is 0 Å². The van der Waals surface area contributed by atoms with Gasteiger partial charge >= 0.3 is 6.18 Å². The van der Waals surface area contributed by atoms with Gasteiger partial charge in [0.1, 0.15) is 0 Å². The van der Waals surface area contributed by atoms with E-state index in [-0.39, 0.29) is 6.54 Å². The zero-order valence-corrected chi connectivity index (χ0v) is 9.25. The maximum absolute atomic E-state index is 11.9. The molecule has 0 bridgehead atoms. The molecule has 1 amide bonds. The van der Waals surface area contributed by atoms with Gasteiger partial charge in [-0.1, -0.05) is 18.2 Å². The normalized spacial score (nSPS) is 11.1. The molecule has 0 heterocycles. The maximum Gasteiger partial charge on any atom is 0.450 e. The van der Waals surface area contributed by atoms with Crippen molar-refractivity contribution in [1.82, 2.24) is 5.32 Å². The molecule has 0 aliphatic heterocycles. The molecule has 1 aromatic carbocycles. The highest BCUT2D eigenvalue weighted by atomic mass is 19.4. The highest BCUT2D eigenvalue weighted by molar-refractivity contribution is 6.00. The average molecular weight is 260 g/mol. The molecule has 0 spiro atoms. The molecule has 0 radical (unpaired) electrons. The minimum absolute atomic E-state index is 0.0172. The largest absolute Gasteiger partial charge is 0.450 e. The summed E-state index contributed by atoms with van der Waals surface area (Å²) >= 11 is 0. The van der Waals surface area contributed by atoms with Crippen LogP contribution in [0.4, 0.5) is 18.9 Å². The summed E-state index contributed by atoms with van der Waals surface area (Å²) in [6.45, 7) is -0.0172. The zero-order valence-electron chi connectivity index (χ0n) is 9.25. The Morgan fingerprint density at radius 3 is 2.39 bits per heavy atom. The number of anilines is 1. The molecular weight excluding hydrogens is 249 g/mol. The Labute approximate surface area is 101 Å². The van der Waals surface area contributed by atoms with Gasteiger partial charge in [-0.2, -0.15) is 13.2 Å². The number of para-hydroxylation sites is 1. The fourth-order valence-electron chi connectivity index (χ4n) is 1.20. The van der Waals surface area contributed by atoms with Crippen molar-refractivity contribution in [2.24, 2.45) is 0 Å². The number of carbonyl (C=O) groups is 2. The van der Waals surface area contributed by atoms with E-state index in [2.05, 4.69) is 5.32 Å². The second kappa shape index (κ2) is 5.52. The van der Waals surface area contributed by atoms with Gasteiger partial charge in [0.25, 0.3) is 0 Å². The molecule has 0 aliphatic rings. The second-order valence-electron chi connectivity index (χ2n) is 3.57. The highest BCUT2D eigenvalue weighted by Gasteiger charge is 2.39. The number of nitrogens with two attached hydrogens (primary N) is 1. The molecule has 0 saturated heterocycles. The third kappa shape index (κ3) is 4.08. The third-order valence-electron chi connectivity index (χ3n) is 2.17. The Bertz CT molecular complexity index is 458. The van der Waals surface area contributed by atoms with Crippen LogP contribution in [0.5, 0.6) is 0 Å². The molecule has 7 heteroatoms. The third-order valence-corrected chi connectivity index (χ3v) is 2.17. The number of nitrogens with one attached hydrogen (secondary N) is 1. The lowest BCUT2D eigenvalue weighted by Gasteiger charge is -2.08. The summed E-state index contributed by atoms with van der Waals surface area (Å²) in [7, 11) is 0. The molecule has 0 aromatic heterocycles.